The van der Waals surface area contributed by atoms with Gasteiger partial charge in [0.25, 0.3) is 0 Å². The SMILES string of the molecule is CN1CCN(CC2(COc3nc(N4CC5CCC(C4)N5)c(C#N)c(N4CC5(CCc6sc(N)c(C#N)c65)C4)n3)CC2)CC1=O. The summed E-state index contributed by atoms with van der Waals surface area (Å²) in [6.45, 7) is 6.36. The molecule has 4 saturated heterocycles. The van der Waals surface area contributed by atoms with Crippen LogP contribution in [0.5, 0.6) is 6.01 Å². The fourth-order valence-electron chi connectivity index (χ4n) is 8.14. The van der Waals surface area contributed by atoms with E-state index >= 15 is 0 Å². The number of carbonyl (C=O) groups is 1. The van der Waals surface area contributed by atoms with Crippen LogP contribution in [0, 0.1) is 28.1 Å². The molecule has 13 heteroatoms. The van der Waals surface area contributed by atoms with Crippen LogP contribution in [-0.4, -0.2) is 104 Å². The van der Waals surface area contributed by atoms with Crippen molar-refractivity contribution in [2.45, 2.75) is 56.0 Å². The molecule has 2 atom stereocenters. The van der Waals surface area contributed by atoms with Crippen LogP contribution in [0.1, 0.15) is 53.7 Å². The smallest absolute Gasteiger partial charge is 0.320 e. The normalized spacial score (nSPS) is 26.3. The fourth-order valence-corrected chi connectivity index (χ4v) is 9.28. The second-order valence-electron chi connectivity index (χ2n) is 13.9. The van der Waals surface area contributed by atoms with E-state index in [4.69, 9.17) is 20.4 Å². The van der Waals surface area contributed by atoms with Gasteiger partial charge in [-0.25, -0.2) is 0 Å². The van der Waals surface area contributed by atoms with Gasteiger partial charge in [-0.1, -0.05) is 0 Å². The maximum atomic E-state index is 12.3. The molecule has 12 nitrogen and oxygen atoms in total. The number of hydrogen-bond donors (Lipinski definition) is 2. The first kappa shape index (κ1) is 27.9. The highest BCUT2D eigenvalue weighted by Crippen LogP contribution is 2.53. The minimum atomic E-state index is -0.139. The van der Waals surface area contributed by atoms with E-state index in [0.29, 0.717) is 72.1 Å². The van der Waals surface area contributed by atoms with Crippen molar-refractivity contribution in [2.75, 3.05) is 81.5 Å². The summed E-state index contributed by atoms with van der Waals surface area (Å²) < 4.78 is 6.42. The molecule has 6 heterocycles. The number of aromatic nitrogens is 2. The van der Waals surface area contributed by atoms with E-state index in [1.165, 1.54) is 4.88 Å². The van der Waals surface area contributed by atoms with Crippen LogP contribution < -0.4 is 25.6 Å². The van der Waals surface area contributed by atoms with Crippen molar-refractivity contribution in [3.63, 3.8) is 0 Å². The molecule has 0 aromatic carbocycles. The maximum Gasteiger partial charge on any atom is 0.320 e. The van der Waals surface area contributed by atoms with E-state index in [2.05, 4.69) is 32.2 Å². The number of carbonyl (C=O) groups excluding carboxylic acids is 1. The number of rotatable bonds is 7. The second kappa shape index (κ2) is 10.2. The lowest BCUT2D eigenvalue weighted by Gasteiger charge is -2.49. The summed E-state index contributed by atoms with van der Waals surface area (Å²) in [5.74, 6) is 1.44. The first-order valence-corrected chi connectivity index (χ1v) is 16.6. The number of aryl methyl sites for hydroxylation is 1. The molecule has 1 amide bonds. The molecular weight excluding hydrogens is 576 g/mol. The van der Waals surface area contributed by atoms with Gasteiger partial charge in [0.15, 0.2) is 11.6 Å². The molecule has 3 N–H and O–H groups in total. The van der Waals surface area contributed by atoms with Gasteiger partial charge in [0, 0.05) is 80.7 Å². The third kappa shape index (κ3) is 4.56. The third-order valence-corrected chi connectivity index (χ3v) is 11.9. The maximum absolute atomic E-state index is 12.3. The Hall–Kier alpha value is -3.65. The zero-order valence-corrected chi connectivity index (χ0v) is 26.0. The summed E-state index contributed by atoms with van der Waals surface area (Å²) in [4.78, 5) is 31.8. The first-order valence-electron chi connectivity index (χ1n) is 15.8. The van der Waals surface area contributed by atoms with Gasteiger partial charge in [-0.05, 0) is 44.1 Å². The predicted octanol–water partition coefficient (Wildman–Crippen LogP) is 1.44. The Labute approximate surface area is 261 Å². The summed E-state index contributed by atoms with van der Waals surface area (Å²) in [5.41, 5.74) is 8.31. The Kier molecular flexibility index (Phi) is 6.46. The number of likely N-dealkylation sites (N-methyl/N-ethyl adjacent to an activating group) is 1. The summed E-state index contributed by atoms with van der Waals surface area (Å²) in [6, 6.07) is 5.91. The fraction of sp³-hybridized carbons (Fsp3) is 0.645. The quantitative estimate of drug-likeness (QED) is 0.466. The highest BCUT2D eigenvalue weighted by molar-refractivity contribution is 7.16. The standard InChI is InChI=1S/C31H38N10O2S/c1-38-8-9-39(14-24(38)42)15-30(6-7-30)18-43-29-36-27(40-12-19-2-3-20(13-40)35-19)22(11-33)28(37-29)41-16-31(17-41)5-4-23-25(31)21(10-32)26(34)44-23/h19-20,35H,2-9,12-18,34H2,1H3. The third-order valence-electron chi connectivity index (χ3n) is 10.8. The Morgan fingerprint density at radius 1 is 1.05 bits per heavy atom. The number of nitriles is 2. The first-order chi connectivity index (χ1) is 21.3. The van der Waals surface area contributed by atoms with Crippen LogP contribution >= 0.6 is 11.3 Å². The van der Waals surface area contributed by atoms with Crippen molar-refractivity contribution in [3.05, 3.63) is 21.6 Å². The monoisotopic (exact) mass is 614 g/mol. The van der Waals surface area contributed by atoms with E-state index in [1.54, 1.807) is 16.2 Å². The number of fused-ring (bicyclic) bond motifs is 4. The van der Waals surface area contributed by atoms with Gasteiger partial charge < -0.3 is 30.5 Å². The topological polar surface area (TPSA) is 151 Å². The number of ether oxygens (including phenoxy) is 1. The van der Waals surface area contributed by atoms with Gasteiger partial charge in [-0.15, -0.1) is 11.3 Å². The molecule has 44 heavy (non-hydrogen) atoms. The van der Waals surface area contributed by atoms with E-state index in [9.17, 15) is 15.3 Å². The van der Waals surface area contributed by atoms with E-state index in [1.807, 2.05) is 7.05 Å². The van der Waals surface area contributed by atoms with E-state index < -0.39 is 0 Å². The van der Waals surface area contributed by atoms with Gasteiger partial charge >= 0.3 is 6.01 Å². The summed E-state index contributed by atoms with van der Waals surface area (Å²) in [6.07, 6.45) is 6.26. The highest BCUT2D eigenvalue weighted by Gasteiger charge is 2.52. The minimum Gasteiger partial charge on any atom is -0.463 e. The summed E-state index contributed by atoms with van der Waals surface area (Å²) >= 11 is 1.54. The van der Waals surface area contributed by atoms with Crippen molar-refractivity contribution >= 4 is 33.9 Å². The number of nitrogens with zero attached hydrogens (tertiary/aromatic N) is 8. The number of amides is 1. The van der Waals surface area contributed by atoms with Gasteiger partial charge in [0.05, 0.1) is 18.7 Å². The van der Waals surface area contributed by atoms with Crippen LogP contribution in [-0.2, 0) is 16.6 Å². The van der Waals surface area contributed by atoms with Crippen LogP contribution in [0.25, 0.3) is 0 Å². The number of anilines is 3. The zero-order chi connectivity index (χ0) is 30.2. The summed E-state index contributed by atoms with van der Waals surface area (Å²) in [7, 11) is 1.86. The van der Waals surface area contributed by atoms with Crippen molar-refractivity contribution in [2.24, 2.45) is 5.41 Å². The van der Waals surface area contributed by atoms with Gasteiger partial charge in [-0.3, -0.25) is 9.69 Å². The number of piperazine rings is 2. The van der Waals surface area contributed by atoms with E-state index in [0.717, 1.165) is 76.8 Å². The number of thiophene rings is 1. The average Bonchev–Trinajstić information content (AvgIpc) is 3.37. The van der Waals surface area contributed by atoms with Crippen LogP contribution in [0.15, 0.2) is 0 Å². The molecule has 1 saturated carbocycles. The number of hydrogen-bond acceptors (Lipinski definition) is 12. The van der Waals surface area contributed by atoms with Gasteiger partial charge in [0.2, 0.25) is 5.91 Å². The molecule has 2 unspecified atom stereocenters. The second-order valence-corrected chi connectivity index (χ2v) is 15.0. The van der Waals surface area contributed by atoms with Crippen molar-refractivity contribution < 1.29 is 9.53 Å². The Morgan fingerprint density at radius 3 is 2.41 bits per heavy atom. The molecule has 0 radical (unpaired) electrons. The van der Waals surface area contributed by atoms with Gasteiger partial charge in [-0.2, -0.15) is 20.5 Å². The molecule has 230 valence electrons. The van der Waals surface area contributed by atoms with Crippen LogP contribution in [0.3, 0.4) is 0 Å². The number of nitrogens with one attached hydrogen (secondary N) is 1. The highest BCUT2D eigenvalue weighted by atomic mass is 32.1. The molecule has 4 aliphatic heterocycles. The molecule has 2 bridgehead atoms. The average molecular weight is 615 g/mol. The molecule has 8 rings (SSSR count). The molecule has 1 spiro atoms. The van der Waals surface area contributed by atoms with Crippen LogP contribution in [0.4, 0.5) is 16.6 Å². The van der Waals surface area contributed by atoms with Crippen molar-refractivity contribution in [1.29, 1.82) is 10.5 Å². The molecule has 2 aliphatic carbocycles. The van der Waals surface area contributed by atoms with E-state index in [-0.39, 0.29) is 16.7 Å². The van der Waals surface area contributed by atoms with Crippen molar-refractivity contribution in [3.8, 4) is 18.1 Å². The van der Waals surface area contributed by atoms with Crippen LogP contribution in [0.2, 0.25) is 0 Å². The molecular formula is C31H38N10O2S. The molecule has 2 aromatic heterocycles. The lowest BCUT2D eigenvalue weighted by atomic mass is 9.74. The Morgan fingerprint density at radius 2 is 1.75 bits per heavy atom. The van der Waals surface area contributed by atoms with Crippen molar-refractivity contribution in [1.82, 2.24) is 25.1 Å². The minimum absolute atomic E-state index is 0.00440. The lowest BCUT2D eigenvalue weighted by Crippen LogP contribution is -2.59. The Bertz CT molecular complexity index is 1590. The zero-order valence-electron chi connectivity index (χ0n) is 25.1. The predicted molar refractivity (Wildman–Crippen MR) is 166 cm³/mol. The Balaban J connectivity index is 1.07. The number of nitrogen functional groups attached to an aromatic ring is 1. The number of nitrogens with two attached hydrogens (primary N) is 1. The molecule has 2 aromatic rings. The van der Waals surface area contributed by atoms with Gasteiger partial charge in [0.1, 0.15) is 22.7 Å². The summed E-state index contributed by atoms with van der Waals surface area (Å²) in [5, 5.41) is 24.6. The molecule has 5 fully saturated rings. The largest absolute Gasteiger partial charge is 0.463 e. The molecule has 6 aliphatic rings. The lowest BCUT2D eigenvalue weighted by molar-refractivity contribution is -0.134.